The van der Waals surface area contributed by atoms with Gasteiger partial charge in [0.2, 0.25) is 5.78 Å². The third kappa shape index (κ3) is 3.24. The van der Waals surface area contributed by atoms with Gasteiger partial charge in [-0.15, -0.1) is 0 Å². The molecule has 2 heterocycles. The Morgan fingerprint density at radius 2 is 1.11 bits per heavy atom. The lowest BCUT2D eigenvalue weighted by atomic mass is 9.98. The fourth-order valence-corrected chi connectivity index (χ4v) is 5.13. The van der Waals surface area contributed by atoms with Gasteiger partial charge in [-0.1, -0.05) is 84.4 Å². The first kappa shape index (κ1) is 20.1. The Morgan fingerprint density at radius 3 is 1.77 bits per heavy atom. The fraction of sp³-hybridized carbons (Fsp3) is 0. The Bertz CT molecular complexity index is 1790. The second-order valence-electron chi connectivity index (χ2n) is 8.70. The van der Waals surface area contributed by atoms with Crippen LogP contribution in [0.5, 0.6) is 0 Å². The van der Waals surface area contributed by atoms with Crippen LogP contribution in [0.3, 0.4) is 0 Å². The van der Waals surface area contributed by atoms with E-state index < -0.39 is 0 Å². The minimum absolute atomic E-state index is 0.687. The van der Waals surface area contributed by atoms with Crippen LogP contribution >= 0.6 is 11.6 Å². The molecule has 0 amide bonds. The van der Waals surface area contributed by atoms with Gasteiger partial charge in [-0.3, -0.25) is 8.97 Å². The summed E-state index contributed by atoms with van der Waals surface area (Å²) in [6.45, 7) is 0. The highest BCUT2D eigenvalue weighted by Crippen LogP contribution is 2.34. The van der Waals surface area contributed by atoms with E-state index >= 15 is 0 Å². The zero-order valence-electron chi connectivity index (χ0n) is 18.8. The van der Waals surface area contributed by atoms with E-state index in [-0.39, 0.29) is 0 Å². The summed E-state index contributed by atoms with van der Waals surface area (Å²) >= 11 is 6.31. The minimum Gasteiger partial charge on any atom is -0.278 e. The second-order valence-corrected chi connectivity index (χ2v) is 9.14. The predicted molar refractivity (Wildman–Crippen MR) is 145 cm³/mol. The highest BCUT2D eigenvalue weighted by molar-refractivity contribution is 6.31. The van der Waals surface area contributed by atoms with E-state index in [4.69, 9.17) is 16.6 Å². The van der Waals surface area contributed by atoms with Crippen molar-refractivity contribution in [3.05, 3.63) is 126 Å². The van der Waals surface area contributed by atoms with Crippen molar-refractivity contribution >= 4 is 39.4 Å². The SMILES string of the molecule is Clc1ccc2c(c1)nc1n(-c3cc(-c4ccccc4)cc(-c4ccccc4)c3)c3ccccc3n21. The van der Waals surface area contributed by atoms with E-state index in [0.29, 0.717) is 5.02 Å². The fourth-order valence-electron chi connectivity index (χ4n) is 4.97. The Balaban J connectivity index is 1.59. The third-order valence-electron chi connectivity index (χ3n) is 6.55. The number of imidazole rings is 2. The predicted octanol–water partition coefficient (Wildman–Crippen LogP) is 8.42. The summed E-state index contributed by atoms with van der Waals surface area (Å²) in [7, 11) is 0. The van der Waals surface area contributed by atoms with Crippen molar-refractivity contribution in [2.45, 2.75) is 0 Å². The summed E-state index contributed by atoms with van der Waals surface area (Å²) in [6.07, 6.45) is 0. The molecule has 0 atom stereocenters. The zero-order chi connectivity index (χ0) is 23.4. The van der Waals surface area contributed by atoms with Crippen molar-refractivity contribution in [1.82, 2.24) is 14.0 Å². The van der Waals surface area contributed by atoms with E-state index in [2.05, 4.69) is 112 Å². The van der Waals surface area contributed by atoms with Crippen molar-refractivity contribution in [1.29, 1.82) is 0 Å². The van der Waals surface area contributed by atoms with Crippen molar-refractivity contribution in [3.8, 4) is 27.9 Å². The molecule has 0 saturated carbocycles. The van der Waals surface area contributed by atoms with Gasteiger partial charge in [0.15, 0.2) is 0 Å². The van der Waals surface area contributed by atoms with Crippen LogP contribution in [-0.4, -0.2) is 14.0 Å². The molecule has 0 bridgehead atoms. The lowest BCUT2D eigenvalue weighted by Crippen LogP contribution is -1.97. The van der Waals surface area contributed by atoms with Crippen molar-refractivity contribution in [2.24, 2.45) is 0 Å². The first-order chi connectivity index (χ1) is 17.3. The van der Waals surface area contributed by atoms with Gasteiger partial charge in [-0.05, 0) is 70.8 Å². The van der Waals surface area contributed by atoms with E-state index in [0.717, 1.165) is 44.7 Å². The van der Waals surface area contributed by atoms with Crippen LogP contribution in [-0.2, 0) is 0 Å². The van der Waals surface area contributed by atoms with Gasteiger partial charge in [0.1, 0.15) is 0 Å². The molecule has 0 fully saturated rings. The van der Waals surface area contributed by atoms with Crippen LogP contribution in [0.2, 0.25) is 5.02 Å². The Hall–Kier alpha value is -4.34. The van der Waals surface area contributed by atoms with Crippen LogP contribution in [0, 0.1) is 0 Å². The third-order valence-corrected chi connectivity index (χ3v) is 6.79. The molecule has 0 aliphatic rings. The van der Waals surface area contributed by atoms with Crippen LogP contribution in [0.15, 0.2) is 121 Å². The number of halogens is 1. The molecular formula is C31H20ClN3. The average Bonchev–Trinajstić information content (AvgIpc) is 3.43. The Kier molecular flexibility index (Phi) is 4.51. The molecule has 7 aromatic rings. The number of nitrogens with zero attached hydrogens (tertiary/aromatic N) is 3. The van der Waals surface area contributed by atoms with E-state index in [1.54, 1.807) is 0 Å². The van der Waals surface area contributed by atoms with E-state index in [1.807, 2.05) is 18.2 Å². The molecule has 4 heteroatoms. The summed E-state index contributed by atoms with van der Waals surface area (Å²) in [5, 5.41) is 0.687. The molecule has 35 heavy (non-hydrogen) atoms. The van der Waals surface area contributed by atoms with Crippen molar-refractivity contribution in [2.75, 3.05) is 0 Å². The summed E-state index contributed by atoms with van der Waals surface area (Å²) in [5.74, 6) is 0.868. The number of hydrogen-bond acceptors (Lipinski definition) is 1. The summed E-state index contributed by atoms with van der Waals surface area (Å²) < 4.78 is 4.47. The van der Waals surface area contributed by atoms with Gasteiger partial charge in [0, 0.05) is 5.02 Å². The van der Waals surface area contributed by atoms with Crippen LogP contribution in [0.1, 0.15) is 0 Å². The normalized spacial score (nSPS) is 11.6. The maximum absolute atomic E-state index is 6.31. The second kappa shape index (κ2) is 7.86. The van der Waals surface area contributed by atoms with Gasteiger partial charge in [0.05, 0.1) is 27.8 Å². The molecule has 7 rings (SSSR count). The molecule has 0 aliphatic carbocycles. The highest BCUT2D eigenvalue weighted by atomic mass is 35.5. The molecular weight excluding hydrogens is 450 g/mol. The number of rotatable bonds is 3. The van der Waals surface area contributed by atoms with Gasteiger partial charge in [-0.2, -0.15) is 0 Å². The molecule has 0 spiro atoms. The molecule has 3 nitrogen and oxygen atoms in total. The van der Waals surface area contributed by atoms with Crippen LogP contribution < -0.4 is 0 Å². The molecule has 0 N–H and O–H groups in total. The lowest BCUT2D eigenvalue weighted by Gasteiger charge is -2.12. The zero-order valence-corrected chi connectivity index (χ0v) is 19.5. The lowest BCUT2D eigenvalue weighted by molar-refractivity contribution is 1.11. The van der Waals surface area contributed by atoms with E-state index in [9.17, 15) is 0 Å². The standard InChI is InChI=1S/C31H20ClN3/c32-25-15-16-28-27(20-25)33-31-34(29-13-7-8-14-30(29)35(28)31)26-18-23(21-9-3-1-4-10-21)17-24(19-26)22-11-5-2-6-12-22/h1-20H. The van der Waals surface area contributed by atoms with Crippen molar-refractivity contribution in [3.63, 3.8) is 0 Å². The first-order valence-electron chi connectivity index (χ1n) is 11.6. The number of hydrogen-bond donors (Lipinski definition) is 0. The maximum atomic E-state index is 6.31. The largest absolute Gasteiger partial charge is 0.278 e. The van der Waals surface area contributed by atoms with Crippen molar-refractivity contribution < 1.29 is 0 Å². The molecule has 2 aromatic heterocycles. The first-order valence-corrected chi connectivity index (χ1v) is 12.0. The molecule has 0 radical (unpaired) electrons. The molecule has 0 saturated heterocycles. The summed E-state index contributed by atoms with van der Waals surface area (Å²) in [4.78, 5) is 5.04. The molecule has 166 valence electrons. The van der Waals surface area contributed by atoms with E-state index in [1.165, 1.54) is 11.1 Å². The van der Waals surface area contributed by atoms with Gasteiger partial charge < -0.3 is 0 Å². The Labute approximate surface area is 207 Å². The number of aromatic nitrogens is 3. The smallest absolute Gasteiger partial charge is 0.220 e. The summed E-state index contributed by atoms with van der Waals surface area (Å²) in [6, 6.07) is 42.2. The van der Waals surface area contributed by atoms with Crippen LogP contribution in [0.25, 0.3) is 55.8 Å². The monoisotopic (exact) mass is 469 g/mol. The summed E-state index contributed by atoms with van der Waals surface area (Å²) in [5.41, 5.74) is 9.90. The quantitative estimate of drug-likeness (QED) is 0.254. The number of para-hydroxylation sites is 2. The molecule has 0 unspecified atom stereocenters. The number of fused-ring (bicyclic) bond motifs is 5. The molecule has 0 aliphatic heterocycles. The van der Waals surface area contributed by atoms with Gasteiger partial charge >= 0.3 is 0 Å². The topological polar surface area (TPSA) is 22.2 Å². The van der Waals surface area contributed by atoms with Gasteiger partial charge in [0.25, 0.3) is 0 Å². The minimum atomic E-state index is 0.687. The maximum Gasteiger partial charge on any atom is 0.220 e. The highest BCUT2D eigenvalue weighted by Gasteiger charge is 2.18. The van der Waals surface area contributed by atoms with Gasteiger partial charge in [-0.25, -0.2) is 4.98 Å². The number of benzene rings is 5. The van der Waals surface area contributed by atoms with Crippen LogP contribution in [0.4, 0.5) is 0 Å². The average molecular weight is 470 g/mol. The Morgan fingerprint density at radius 1 is 0.514 bits per heavy atom. The molecule has 5 aromatic carbocycles.